The van der Waals surface area contributed by atoms with E-state index in [2.05, 4.69) is 5.32 Å². The van der Waals surface area contributed by atoms with Crippen molar-refractivity contribution in [1.82, 2.24) is 4.90 Å². The standard InChI is InChI=1S/C24H27N3O6/c1-14(2)26-22(29)16-8-6-7-9-17(16)27-20(28)10-11-24(26,27)23(30)25-15-12-18(31-3)21(33-5)19(13-15)32-4/h6-9,12-14H,10-11H2,1-5H3,(H,25,30)/t24-/m1/s1. The molecular formula is C24H27N3O6. The normalized spacial score (nSPS) is 19.3. The van der Waals surface area contributed by atoms with Crippen LogP contribution in [0.1, 0.15) is 37.0 Å². The molecule has 1 atom stereocenters. The number of anilines is 2. The van der Waals surface area contributed by atoms with Crippen LogP contribution < -0.4 is 24.4 Å². The van der Waals surface area contributed by atoms with Gasteiger partial charge in [0.25, 0.3) is 11.8 Å². The lowest BCUT2D eigenvalue weighted by molar-refractivity contribution is -0.129. The van der Waals surface area contributed by atoms with E-state index in [0.717, 1.165) is 0 Å². The molecule has 33 heavy (non-hydrogen) atoms. The topological polar surface area (TPSA) is 97.4 Å². The molecule has 2 aliphatic heterocycles. The highest BCUT2D eigenvalue weighted by Gasteiger charge is 2.61. The quantitative estimate of drug-likeness (QED) is 0.722. The van der Waals surface area contributed by atoms with Crippen molar-refractivity contribution in [3.05, 3.63) is 42.0 Å². The molecule has 0 spiro atoms. The maximum absolute atomic E-state index is 13.9. The van der Waals surface area contributed by atoms with Gasteiger partial charge in [0, 0.05) is 36.7 Å². The van der Waals surface area contributed by atoms with Crippen LogP contribution in [-0.2, 0) is 9.59 Å². The molecule has 1 N–H and O–H groups in total. The van der Waals surface area contributed by atoms with Crippen LogP contribution in [0.5, 0.6) is 17.2 Å². The third kappa shape index (κ3) is 3.26. The van der Waals surface area contributed by atoms with Gasteiger partial charge in [-0.1, -0.05) is 12.1 Å². The number of carbonyl (C=O) groups is 3. The molecule has 1 saturated heterocycles. The maximum atomic E-state index is 13.9. The van der Waals surface area contributed by atoms with E-state index in [-0.39, 0.29) is 30.7 Å². The van der Waals surface area contributed by atoms with Crippen LogP contribution in [0.3, 0.4) is 0 Å². The molecule has 0 radical (unpaired) electrons. The SMILES string of the molecule is COc1cc(NC(=O)[C@@]23CCC(=O)N2c2ccccc2C(=O)N3C(C)C)cc(OC)c1OC. The first-order valence-electron chi connectivity index (χ1n) is 10.7. The smallest absolute Gasteiger partial charge is 0.271 e. The summed E-state index contributed by atoms with van der Waals surface area (Å²) in [7, 11) is 4.46. The van der Waals surface area contributed by atoms with E-state index in [9.17, 15) is 14.4 Å². The zero-order chi connectivity index (χ0) is 23.9. The first-order valence-corrected chi connectivity index (χ1v) is 10.7. The van der Waals surface area contributed by atoms with Gasteiger partial charge in [-0.2, -0.15) is 0 Å². The van der Waals surface area contributed by atoms with Gasteiger partial charge in [-0.15, -0.1) is 0 Å². The zero-order valence-electron chi connectivity index (χ0n) is 19.3. The summed E-state index contributed by atoms with van der Waals surface area (Å²) in [6.45, 7) is 3.67. The van der Waals surface area contributed by atoms with Gasteiger partial charge in [0.1, 0.15) is 0 Å². The number of nitrogens with one attached hydrogen (secondary N) is 1. The number of fused-ring (bicyclic) bond motifs is 3. The van der Waals surface area contributed by atoms with Gasteiger partial charge < -0.3 is 24.4 Å². The summed E-state index contributed by atoms with van der Waals surface area (Å²) in [5.41, 5.74) is -0.255. The van der Waals surface area contributed by atoms with E-state index in [1.807, 2.05) is 13.8 Å². The molecule has 9 nitrogen and oxygen atoms in total. The number of ether oxygens (including phenoxy) is 3. The lowest BCUT2D eigenvalue weighted by Gasteiger charge is -2.50. The Kier molecular flexibility index (Phi) is 5.65. The molecule has 2 aromatic rings. The molecule has 2 aromatic carbocycles. The Balaban J connectivity index is 1.83. The third-order valence-electron chi connectivity index (χ3n) is 6.10. The first-order chi connectivity index (χ1) is 15.8. The summed E-state index contributed by atoms with van der Waals surface area (Å²) < 4.78 is 16.1. The number of benzene rings is 2. The van der Waals surface area contributed by atoms with Gasteiger partial charge in [0.2, 0.25) is 17.3 Å². The summed E-state index contributed by atoms with van der Waals surface area (Å²) in [6, 6.07) is 9.77. The molecule has 0 saturated carbocycles. The summed E-state index contributed by atoms with van der Waals surface area (Å²) in [4.78, 5) is 43.5. The number of methoxy groups -OCH3 is 3. The molecule has 0 unspecified atom stereocenters. The Labute approximate surface area is 192 Å². The van der Waals surface area contributed by atoms with Crippen molar-refractivity contribution in [2.75, 3.05) is 31.5 Å². The van der Waals surface area contributed by atoms with Crippen molar-refractivity contribution >= 4 is 29.1 Å². The Bertz CT molecular complexity index is 1110. The van der Waals surface area contributed by atoms with Crippen LogP contribution in [-0.4, -0.2) is 55.7 Å². The van der Waals surface area contributed by atoms with Gasteiger partial charge in [0.05, 0.1) is 32.6 Å². The highest BCUT2D eigenvalue weighted by Crippen LogP contribution is 2.46. The van der Waals surface area contributed by atoms with E-state index in [0.29, 0.717) is 34.2 Å². The van der Waals surface area contributed by atoms with E-state index in [1.54, 1.807) is 36.4 Å². The van der Waals surface area contributed by atoms with E-state index in [1.165, 1.54) is 31.1 Å². The Morgan fingerprint density at radius 3 is 2.24 bits per heavy atom. The summed E-state index contributed by atoms with van der Waals surface area (Å²) in [5.74, 6) is 0.149. The zero-order valence-corrected chi connectivity index (χ0v) is 19.3. The van der Waals surface area contributed by atoms with Crippen LogP contribution in [0.4, 0.5) is 11.4 Å². The van der Waals surface area contributed by atoms with Gasteiger partial charge >= 0.3 is 0 Å². The second-order valence-electron chi connectivity index (χ2n) is 8.20. The van der Waals surface area contributed by atoms with Crippen molar-refractivity contribution in [2.24, 2.45) is 0 Å². The van der Waals surface area contributed by atoms with E-state index in [4.69, 9.17) is 14.2 Å². The number of amides is 3. The van der Waals surface area contributed by atoms with Crippen molar-refractivity contribution in [1.29, 1.82) is 0 Å². The third-order valence-corrected chi connectivity index (χ3v) is 6.10. The first kappa shape index (κ1) is 22.4. The maximum Gasteiger partial charge on any atom is 0.271 e. The molecule has 0 aliphatic carbocycles. The minimum absolute atomic E-state index is 0.146. The molecule has 1 fully saturated rings. The summed E-state index contributed by atoms with van der Waals surface area (Å²) in [6.07, 6.45) is 0.327. The van der Waals surface area contributed by atoms with Crippen molar-refractivity contribution < 1.29 is 28.6 Å². The van der Waals surface area contributed by atoms with Crippen LogP contribution in [0.15, 0.2) is 36.4 Å². The number of carbonyl (C=O) groups excluding carboxylic acids is 3. The second kappa shape index (κ2) is 8.31. The van der Waals surface area contributed by atoms with Gasteiger partial charge in [-0.25, -0.2) is 0 Å². The Morgan fingerprint density at radius 2 is 1.67 bits per heavy atom. The van der Waals surface area contributed by atoms with Crippen molar-refractivity contribution in [3.63, 3.8) is 0 Å². The predicted octanol–water partition coefficient (Wildman–Crippen LogP) is 3.04. The molecule has 9 heteroatoms. The molecular weight excluding hydrogens is 426 g/mol. The van der Waals surface area contributed by atoms with E-state index < -0.39 is 11.6 Å². The summed E-state index contributed by atoms with van der Waals surface area (Å²) >= 11 is 0. The second-order valence-corrected chi connectivity index (χ2v) is 8.20. The minimum Gasteiger partial charge on any atom is -0.493 e. The van der Waals surface area contributed by atoms with Crippen LogP contribution in [0.25, 0.3) is 0 Å². The van der Waals surface area contributed by atoms with Crippen LogP contribution >= 0.6 is 0 Å². The average Bonchev–Trinajstić information content (AvgIpc) is 3.16. The predicted molar refractivity (Wildman–Crippen MR) is 122 cm³/mol. The number of hydrogen-bond acceptors (Lipinski definition) is 6. The molecule has 2 heterocycles. The monoisotopic (exact) mass is 453 g/mol. The minimum atomic E-state index is -1.49. The highest BCUT2D eigenvalue weighted by molar-refractivity contribution is 6.18. The van der Waals surface area contributed by atoms with Gasteiger partial charge in [0.15, 0.2) is 11.5 Å². The fourth-order valence-corrected chi connectivity index (χ4v) is 4.79. The fourth-order valence-electron chi connectivity index (χ4n) is 4.79. The molecule has 2 aliphatic rings. The lowest BCUT2D eigenvalue weighted by atomic mass is 9.94. The van der Waals surface area contributed by atoms with Crippen molar-refractivity contribution in [3.8, 4) is 17.2 Å². The van der Waals surface area contributed by atoms with Gasteiger partial charge in [-0.05, 0) is 26.0 Å². The molecule has 4 rings (SSSR count). The Morgan fingerprint density at radius 1 is 1.03 bits per heavy atom. The average molecular weight is 453 g/mol. The fraction of sp³-hybridized carbons (Fsp3) is 0.375. The molecule has 0 aromatic heterocycles. The molecule has 0 bridgehead atoms. The number of nitrogens with zero attached hydrogens (tertiary/aromatic N) is 2. The number of rotatable bonds is 6. The summed E-state index contributed by atoms with van der Waals surface area (Å²) in [5, 5.41) is 2.89. The number of para-hydroxylation sites is 1. The Hall–Kier alpha value is -3.75. The number of hydrogen-bond donors (Lipinski definition) is 1. The largest absolute Gasteiger partial charge is 0.493 e. The highest BCUT2D eigenvalue weighted by atomic mass is 16.5. The van der Waals surface area contributed by atoms with Crippen LogP contribution in [0, 0.1) is 0 Å². The lowest BCUT2D eigenvalue weighted by Crippen LogP contribution is -2.70. The van der Waals surface area contributed by atoms with E-state index >= 15 is 0 Å². The molecule has 3 amide bonds. The van der Waals surface area contributed by atoms with Gasteiger partial charge in [-0.3, -0.25) is 19.3 Å². The molecule has 174 valence electrons. The van der Waals surface area contributed by atoms with Crippen LogP contribution in [0.2, 0.25) is 0 Å². The van der Waals surface area contributed by atoms with Crippen molar-refractivity contribution in [2.45, 2.75) is 38.4 Å².